The molecule has 1 amide bonds. The van der Waals surface area contributed by atoms with Gasteiger partial charge in [-0.1, -0.05) is 17.7 Å². The van der Waals surface area contributed by atoms with E-state index in [1.165, 1.54) is 13.1 Å². The van der Waals surface area contributed by atoms with E-state index in [-0.39, 0.29) is 5.91 Å². The predicted octanol–water partition coefficient (Wildman–Crippen LogP) is 1.95. The minimum absolute atomic E-state index is 0.258. The Hall–Kier alpha value is -2.01. The maximum atomic E-state index is 11.3. The second kappa shape index (κ2) is 6.80. The first-order valence-corrected chi connectivity index (χ1v) is 5.90. The molecular formula is C13H14ClNO4. The molecule has 0 saturated carbocycles. The number of benzene rings is 1. The molecule has 1 rings (SSSR count). The lowest BCUT2D eigenvalue weighted by molar-refractivity contribution is -0.131. The Bertz CT molecular complexity index is 513. The van der Waals surface area contributed by atoms with E-state index in [2.05, 4.69) is 5.32 Å². The summed E-state index contributed by atoms with van der Waals surface area (Å²) in [7, 11) is 1.52. The third kappa shape index (κ3) is 4.63. The van der Waals surface area contributed by atoms with Crippen LogP contribution >= 0.6 is 11.6 Å². The number of carboxylic acids is 1. The molecule has 1 unspecified atom stereocenters. The van der Waals surface area contributed by atoms with Crippen LogP contribution in [0.5, 0.6) is 5.75 Å². The lowest BCUT2D eigenvalue weighted by atomic mass is 10.2. The number of likely N-dealkylation sites (N-methyl/N-ethyl adjacent to an activating group) is 1. The highest BCUT2D eigenvalue weighted by atomic mass is 35.5. The zero-order chi connectivity index (χ0) is 14.4. The van der Waals surface area contributed by atoms with Gasteiger partial charge in [0.2, 0.25) is 0 Å². The third-order valence-corrected chi connectivity index (χ3v) is 2.59. The van der Waals surface area contributed by atoms with Crippen LogP contribution in [0.15, 0.2) is 24.3 Å². The average molecular weight is 284 g/mol. The largest absolute Gasteiger partial charge is 0.479 e. The van der Waals surface area contributed by atoms with Gasteiger partial charge in [0.15, 0.2) is 6.10 Å². The van der Waals surface area contributed by atoms with Crippen LogP contribution in [-0.4, -0.2) is 30.1 Å². The summed E-state index contributed by atoms with van der Waals surface area (Å²) in [5, 5.41) is 11.3. The number of hydrogen-bond donors (Lipinski definition) is 2. The van der Waals surface area contributed by atoms with E-state index in [9.17, 15) is 9.59 Å². The van der Waals surface area contributed by atoms with Crippen molar-refractivity contribution in [2.24, 2.45) is 0 Å². The fraction of sp³-hybridized carbons (Fsp3) is 0.231. The molecule has 19 heavy (non-hydrogen) atoms. The summed E-state index contributed by atoms with van der Waals surface area (Å²) in [5.41, 5.74) is 0.632. The topological polar surface area (TPSA) is 75.6 Å². The van der Waals surface area contributed by atoms with Crippen molar-refractivity contribution in [2.45, 2.75) is 13.0 Å². The first-order valence-electron chi connectivity index (χ1n) is 5.53. The zero-order valence-corrected chi connectivity index (χ0v) is 11.3. The van der Waals surface area contributed by atoms with Crippen LogP contribution in [0.25, 0.3) is 6.08 Å². The summed E-state index contributed by atoms with van der Waals surface area (Å²) < 4.78 is 5.39. The highest BCUT2D eigenvalue weighted by Gasteiger charge is 2.14. The minimum atomic E-state index is -1.04. The first kappa shape index (κ1) is 15.0. The molecule has 0 aliphatic heterocycles. The number of carboxylic acid groups (broad SMARTS) is 1. The fourth-order valence-electron chi connectivity index (χ4n) is 1.33. The lowest BCUT2D eigenvalue weighted by Gasteiger charge is -2.14. The summed E-state index contributed by atoms with van der Waals surface area (Å²) >= 11 is 6.00. The number of amides is 1. The maximum Gasteiger partial charge on any atom is 0.328 e. The Balaban J connectivity index is 2.83. The third-order valence-electron chi connectivity index (χ3n) is 2.29. The van der Waals surface area contributed by atoms with E-state index >= 15 is 0 Å². The molecule has 1 aromatic carbocycles. The number of carbonyl (C=O) groups is 2. The van der Waals surface area contributed by atoms with Gasteiger partial charge in [-0.3, -0.25) is 4.79 Å². The molecule has 0 fully saturated rings. The van der Waals surface area contributed by atoms with Crippen LogP contribution in [0.3, 0.4) is 0 Å². The molecule has 0 saturated heterocycles. The van der Waals surface area contributed by atoms with Crippen LogP contribution < -0.4 is 10.1 Å². The highest BCUT2D eigenvalue weighted by Crippen LogP contribution is 2.26. The summed E-state index contributed by atoms with van der Waals surface area (Å²) in [6, 6.07) is 4.80. The van der Waals surface area contributed by atoms with Crippen molar-refractivity contribution < 1.29 is 19.4 Å². The standard InChI is InChI=1S/C13H14ClNO4/c1-8(13(18)15-2)19-11-5-3-9(7-10(11)14)4-6-12(16)17/h3-8H,1-2H3,(H,15,18)(H,16,17). The monoisotopic (exact) mass is 283 g/mol. The molecule has 2 N–H and O–H groups in total. The molecule has 0 aliphatic carbocycles. The summed E-state index contributed by atoms with van der Waals surface area (Å²) in [5.74, 6) is -0.930. The Morgan fingerprint density at radius 2 is 2.16 bits per heavy atom. The van der Waals surface area contributed by atoms with Gasteiger partial charge in [-0.05, 0) is 30.7 Å². The maximum absolute atomic E-state index is 11.3. The molecule has 102 valence electrons. The normalized spacial score (nSPS) is 12.2. The molecule has 1 atom stereocenters. The quantitative estimate of drug-likeness (QED) is 0.810. The van der Waals surface area contributed by atoms with Crippen LogP contribution in [0, 0.1) is 0 Å². The van der Waals surface area contributed by atoms with Crippen molar-refractivity contribution in [2.75, 3.05) is 7.05 Å². The fourth-order valence-corrected chi connectivity index (χ4v) is 1.56. The molecule has 0 spiro atoms. The van der Waals surface area contributed by atoms with E-state index in [4.69, 9.17) is 21.4 Å². The van der Waals surface area contributed by atoms with Crippen LogP contribution in [0.4, 0.5) is 0 Å². The van der Waals surface area contributed by atoms with E-state index < -0.39 is 12.1 Å². The lowest BCUT2D eigenvalue weighted by Crippen LogP contribution is -2.33. The van der Waals surface area contributed by atoms with Crippen molar-refractivity contribution in [3.8, 4) is 5.75 Å². The SMILES string of the molecule is CNC(=O)C(C)Oc1ccc(C=CC(=O)O)cc1Cl. The van der Waals surface area contributed by atoms with Crippen molar-refractivity contribution in [3.05, 3.63) is 34.9 Å². The predicted molar refractivity (Wildman–Crippen MR) is 72.3 cm³/mol. The van der Waals surface area contributed by atoms with Crippen molar-refractivity contribution in [1.82, 2.24) is 5.32 Å². The van der Waals surface area contributed by atoms with Gasteiger partial charge in [0, 0.05) is 13.1 Å². The molecule has 0 bridgehead atoms. The van der Waals surface area contributed by atoms with Gasteiger partial charge in [0.25, 0.3) is 5.91 Å². The Morgan fingerprint density at radius 1 is 1.47 bits per heavy atom. The van der Waals surface area contributed by atoms with Crippen LogP contribution in [0.2, 0.25) is 5.02 Å². The average Bonchev–Trinajstić information content (AvgIpc) is 2.38. The Kier molecular flexibility index (Phi) is 5.38. The van der Waals surface area contributed by atoms with Gasteiger partial charge in [0.1, 0.15) is 5.75 Å². The second-order valence-electron chi connectivity index (χ2n) is 3.74. The van der Waals surface area contributed by atoms with Gasteiger partial charge >= 0.3 is 5.97 Å². The van der Waals surface area contributed by atoms with E-state index in [0.717, 1.165) is 6.08 Å². The Morgan fingerprint density at radius 3 is 2.68 bits per heavy atom. The highest BCUT2D eigenvalue weighted by molar-refractivity contribution is 6.32. The second-order valence-corrected chi connectivity index (χ2v) is 4.14. The molecule has 0 aromatic heterocycles. The van der Waals surface area contributed by atoms with Gasteiger partial charge in [-0.15, -0.1) is 0 Å². The van der Waals surface area contributed by atoms with Crippen LogP contribution in [-0.2, 0) is 9.59 Å². The number of halogens is 1. The molecular weight excluding hydrogens is 270 g/mol. The number of hydrogen-bond acceptors (Lipinski definition) is 3. The summed E-state index contributed by atoms with van der Waals surface area (Å²) in [4.78, 5) is 21.7. The smallest absolute Gasteiger partial charge is 0.328 e. The number of rotatable bonds is 5. The number of nitrogens with one attached hydrogen (secondary N) is 1. The minimum Gasteiger partial charge on any atom is -0.479 e. The van der Waals surface area contributed by atoms with Gasteiger partial charge < -0.3 is 15.2 Å². The molecule has 1 aromatic rings. The number of carbonyl (C=O) groups excluding carboxylic acids is 1. The summed E-state index contributed by atoms with van der Waals surface area (Å²) in [6.07, 6.45) is 1.77. The zero-order valence-electron chi connectivity index (χ0n) is 10.5. The molecule has 0 aliphatic rings. The number of ether oxygens (including phenoxy) is 1. The first-order chi connectivity index (χ1) is 8.93. The van der Waals surface area contributed by atoms with Gasteiger partial charge in [0.05, 0.1) is 5.02 Å². The van der Waals surface area contributed by atoms with Crippen molar-refractivity contribution in [3.63, 3.8) is 0 Å². The Labute approximate surface area is 115 Å². The molecule has 0 radical (unpaired) electrons. The van der Waals surface area contributed by atoms with Gasteiger partial charge in [-0.2, -0.15) is 0 Å². The number of aliphatic carboxylic acids is 1. The van der Waals surface area contributed by atoms with Crippen LogP contribution in [0.1, 0.15) is 12.5 Å². The van der Waals surface area contributed by atoms with Crippen molar-refractivity contribution >= 4 is 29.6 Å². The molecule has 6 heteroatoms. The molecule has 5 nitrogen and oxygen atoms in total. The van der Waals surface area contributed by atoms with E-state index in [1.54, 1.807) is 25.1 Å². The van der Waals surface area contributed by atoms with Gasteiger partial charge in [-0.25, -0.2) is 4.79 Å². The molecule has 0 heterocycles. The summed E-state index contributed by atoms with van der Waals surface area (Å²) in [6.45, 7) is 1.60. The van der Waals surface area contributed by atoms with Crippen molar-refractivity contribution in [1.29, 1.82) is 0 Å². The van der Waals surface area contributed by atoms with E-state index in [1.807, 2.05) is 0 Å². The van der Waals surface area contributed by atoms with E-state index in [0.29, 0.717) is 16.3 Å².